The SMILES string of the molecule is CC(C)CC(NC(=O)OCc1ccccc1)C(=O)NC(Cc1ccc(O)cc1)C(=O)O.O=C(CCl)CCl. The zero-order chi connectivity index (χ0) is 27.8. The predicted molar refractivity (Wildman–Crippen MR) is 141 cm³/mol. The first-order valence-electron chi connectivity index (χ1n) is 11.5. The molecule has 0 bridgehead atoms. The van der Waals surface area contributed by atoms with Gasteiger partial charge in [-0.05, 0) is 35.6 Å². The highest BCUT2D eigenvalue weighted by atomic mass is 35.5. The van der Waals surface area contributed by atoms with E-state index in [9.17, 15) is 29.4 Å². The smallest absolute Gasteiger partial charge is 0.408 e. The number of amides is 2. The third kappa shape index (κ3) is 13.5. The fourth-order valence-corrected chi connectivity index (χ4v) is 3.27. The molecule has 2 aromatic rings. The van der Waals surface area contributed by atoms with Gasteiger partial charge in [0.1, 0.15) is 24.4 Å². The Labute approximate surface area is 226 Å². The Bertz CT molecular complexity index is 996. The van der Waals surface area contributed by atoms with E-state index in [1.165, 1.54) is 12.1 Å². The maximum Gasteiger partial charge on any atom is 0.408 e. The lowest BCUT2D eigenvalue weighted by Gasteiger charge is -2.22. The number of aromatic hydroxyl groups is 1. The van der Waals surface area contributed by atoms with Crippen molar-refractivity contribution in [2.75, 3.05) is 11.8 Å². The number of alkyl halides is 2. The highest BCUT2D eigenvalue weighted by Crippen LogP contribution is 2.12. The second-order valence-electron chi connectivity index (χ2n) is 8.46. The second kappa shape index (κ2) is 17.2. The van der Waals surface area contributed by atoms with Crippen LogP contribution in [0.5, 0.6) is 5.75 Å². The Hall–Kier alpha value is -3.30. The number of phenolic OH excluding ortho intramolecular Hbond substituents is 1. The van der Waals surface area contributed by atoms with Crippen LogP contribution in [0.25, 0.3) is 0 Å². The number of alkyl carbamates (subject to hydrolysis) is 1. The van der Waals surface area contributed by atoms with Gasteiger partial charge in [-0.1, -0.05) is 56.3 Å². The molecule has 9 nitrogen and oxygen atoms in total. The Balaban J connectivity index is 0.00000102. The Morgan fingerprint density at radius 1 is 0.865 bits per heavy atom. The molecule has 11 heteroatoms. The highest BCUT2D eigenvalue weighted by Gasteiger charge is 2.27. The summed E-state index contributed by atoms with van der Waals surface area (Å²) in [6, 6.07) is 13.1. The summed E-state index contributed by atoms with van der Waals surface area (Å²) >= 11 is 10.0. The molecule has 0 spiro atoms. The fourth-order valence-electron chi connectivity index (χ4n) is 2.99. The lowest BCUT2D eigenvalue weighted by atomic mass is 10.0. The number of ether oxygens (including phenoxy) is 1. The number of Topliss-reactive ketones (excluding diaryl/α,β-unsaturated/α-hetero) is 1. The van der Waals surface area contributed by atoms with Crippen LogP contribution < -0.4 is 10.6 Å². The van der Waals surface area contributed by atoms with Crippen molar-refractivity contribution in [1.29, 1.82) is 0 Å². The van der Waals surface area contributed by atoms with E-state index in [0.717, 1.165) is 5.56 Å². The summed E-state index contributed by atoms with van der Waals surface area (Å²) in [6.45, 7) is 3.84. The first-order chi connectivity index (χ1) is 17.5. The van der Waals surface area contributed by atoms with Crippen molar-refractivity contribution in [3.63, 3.8) is 0 Å². The maximum atomic E-state index is 12.8. The van der Waals surface area contributed by atoms with Crippen molar-refractivity contribution in [3.8, 4) is 5.75 Å². The number of ketones is 1. The number of aliphatic carboxylic acids is 1. The van der Waals surface area contributed by atoms with Crippen LogP contribution in [0.3, 0.4) is 0 Å². The minimum absolute atomic E-state index is 0.0312. The van der Waals surface area contributed by atoms with E-state index < -0.39 is 30.1 Å². The van der Waals surface area contributed by atoms with Crippen LogP contribution in [-0.4, -0.2) is 57.8 Å². The van der Waals surface area contributed by atoms with Crippen LogP contribution in [-0.2, 0) is 32.1 Å². The van der Waals surface area contributed by atoms with Crippen molar-refractivity contribution < 1.29 is 34.1 Å². The molecular formula is C26H32Cl2N2O7. The summed E-state index contributed by atoms with van der Waals surface area (Å²) in [4.78, 5) is 46.5. The molecule has 2 rings (SSSR count). The molecule has 37 heavy (non-hydrogen) atoms. The van der Waals surface area contributed by atoms with E-state index in [1.807, 2.05) is 44.2 Å². The van der Waals surface area contributed by atoms with E-state index in [-0.39, 0.29) is 42.2 Å². The van der Waals surface area contributed by atoms with Gasteiger partial charge in [0.2, 0.25) is 5.91 Å². The molecule has 0 aliphatic carbocycles. The summed E-state index contributed by atoms with van der Waals surface area (Å²) in [5.74, 6) is -1.72. The minimum Gasteiger partial charge on any atom is -0.508 e. The molecule has 0 aliphatic rings. The molecule has 0 fully saturated rings. The highest BCUT2D eigenvalue weighted by molar-refractivity contribution is 6.35. The normalized spacial score (nSPS) is 11.9. The van der Waals surface area contributed by atoms with Crippen LogP contribution >= 0.6 is 23.2 Å². The molecule has 2 aromatic carbocycles. The third-order valence-electron chi connectivity index (χ3n) is 4.82. The van der Waals surface area contributed by atoms with Crippen molar-refractivity contribution in [2.24, 2.45) is 5.92 Å². The van der Waals surface area contributed by atoms with Gasteiger partial charge in [-0.3, -0.25) is 9.59 Å². The number of carboxylic acids is 1. The monoisotopic (exact) mass is 554 g/mol. The van der Waals surface area contributed by atoms with Crippen molar-refractivity contribution in [3.05, 3.63) is 65.7 Å². The first-order valence-corrected chi connectivity index (χ1v) is 12.5. The molecule has 0 radical (unpaired) electrons. The van der Waals surface area contributed by atoms with Crippen LogP contribution in [0, 0.1) is 5.92 Å². The van der Waals surface area contributed by atoms with Gasteiger partial charge in [0, 0.05) is 6.42 Å². The van der Waals surface area contributed by atoms with E-state index in [0.29, 0.717) is 12.0 Å². The molecule has 0 aliphatic heterocycles. The average Bonchev–Trinajstić information content (AvgIpc) is 2.88. The van der Waals surface area contributed by atoms with Gasteiger partial charge in [0.05, 0.1) is 11.8 Å². The fraction of sp³-hybridized carbons (Fsp3) is 0.385. The quantitative estimate of drug-likeness (QED) is 0.291. The minimum atomic E-state index is -1.20. The number of benzene rings is 2. The van der Waals surface area contributed by atoms with E-state index in [1.54, 1.807) is 12.1 Å². The molecule has 0 saturated heterocycles. The standard InChI is InChI=1S/C23H28N2O6.C3H4Cl2O/c1-15(2)12-19(25-23(30)31-14-17-6-4-3-5-7-17)21(27)24-20(22(28)29)13-16-8-10-18(26)11-9-16;4-1-3(6)2-5/h3-11,15,19-20,26H,12-14H2,1-2H3,(H,24,27)(H,25,30)(H,28,29);1-2H2. The summed E-state index contributed by atoms with van der Waals surface area (Å²) in [5, 5.41) is 23.9. The molecule has 0 heterocycles. The zero-order valence-electron chi connectivity index (χ0n) is 20.7. The molecule has 2 unspecified atom stereocenters. The van der Waals surface area contributed by atoms with Gasteiger partial charge in [0.25, 0.3) is 0 Å². The molecule has 2 atom stereocenters. The number of hydrogen-bond donors (Lipinski definition) is 4. The number of phenols is 1. The maximum absolute atomic E-state index is 12.8. The van der Waals surface area contributed by atoms with Gasteiger partial charge in [-0.25, -0.2) is 9.59 Å². The molecular weight excluding hydrogens is 523 g/mol. The van der Waals surface area contributed by atoms with Crippen LogP contribution in [0.2, 0.25) is 0 Å². The number of halogens is 2. The number of nitrogens with one attached hydrogen (secondary N) is 2. The zero-order valence-corrected chi connectivity index (χ0v) is 22.2. The van der Waals surface area contributed by atoms with Crippen LogP contribution in [0.1, 0.15) is 31.4 Å². The van der Waals surface area contributed by atoms with E-state index in [2.05, 4.69) is 10.6 Å². The van der Waals surface area contributed by atoms with Crippen LogP contribution in [0.15, 0.2) is 54.6 Å². The molecule has 0 saturated carbocycles. The number of hydrogen-bond acceptors (Lipinski definition) is 6. The lowest BCUT2D eigenvalue weighted by Crippen LogP contribution is -2.52. The van der Waals surface area contributed by atoms with Crippen molar-refractivity contribution in [1.82, 2.24) is 10.6 Å². The van der Waals surface area contributed by atoms with Crippen molar-refractivity contribution in [2.45, 2.75) is 45.4 Å². The van der Waals surface area contributed by atoms with Gasteiger partial charge in [-0.15, -0.1) is 23.2 Å². The van der Waals surface area contributed by atoms with Gasteiger partial charge >= 0.3 is 12.1 Å². The number of carbonyl (C=O) groups excluding carboxylic acids is 3. The molecule has 202 valence electrons. The first kappa shape index (κ1) is 31.7. The molecule has 0 aromatic heterocycles. The van der Waals surface area contributed by atoms with Crippen molar-refractivity contribution >= 4 is 47.0 Å². The summed E-state index contributed by atoms with van der Waals surface area (Å²) < 4.78 is 5.18. The Kier molecular flexibility index (Phi) is 14.8. The van der Waals surface area contributed by atoms with E-state index in [4.69, 9.17) is 27.9 Å². The predicted octanol–water partition coefficient (Wildman–Crippen LogP) is 3.88. The summed E-state index contributed by atoms with van der Waals surface area (Å²) in [5.41, 5.74) is 1.45. The van der Waals surface area contributed by atoms with Gasteiger partial charge in [0.15, 0.2) is 5.78 Å². The Morgan fingerprint density at radius 3 is 1.95 bits per heavy atom. The Morgan fingerprint density at radius 2 is 1.46 bits per heavy atom. The lowest BCUT2D eigenvalue weighted by molar-refractivity contribution is -0.142. The van der Waals surface area contributed by atoms with E-state index >= 15 is 0 Å². The molecule has 4 N–H and O–H groups in total. The largest absolute Gasteiger partial charge is 0.508 e. The summed E-state index contributed by atoms with van der Waals surface area (Å²) in [6.07, 6.45) is -0.401. The van der Waals surface area contributed by atoms with Crippen LogP contribution in [0.4, 0.5) is 4.79 Å². The number of carbonyl (C=O) groups is 4. The van der Waals surface area contributed by atoms with Gasteiger partial charge < -0.3 is 25.6 Å². The average molecular weight is 555 g/mol. The topological polar surface area (TPSA) is 142 Å². The van der Waals surface area contributed by atoms with Gasteiger partial charge in [-0.2, -0.15) is 0 Å². The number of carboxylic acid groups (broad SMARTS) is 1. The third-order valence-corrected chi connectivity index (χ3v) is 5.41. The molecule has 2 amide bonds. The second-order valence-corrected chi connectivity index (χ2v) is 9.00. The summed E-state index contributed by atoms with van der Waals surface area (Å²) in [7, 11) is 0. The number of rotatable bonds is 12.